The van der Waals surface area contributed by atoms with Crippen LogP contribution in [0.2, 0.25) is 0 Å². The number of aromatic nitrogens is 5. The van der Waals surface area contributed by atoms with Gasteiger partial charge in [0.05, 0.1) is 73.4 Å². The van der Waals surface area contributed by atoms with Gasteiger partial charge in [-0.2, -0.15) is 0 Å². The van der Waals surface area contributed by atoms with Crippen molar-refractivity contribution in [1.29, 1.82) is 0 Å². The summed E-state index contributed by atoms with van der Waals surface area (Å²) in [6.07, 6.45) is -2.44. The van der Waals surface area contributed by atoms with Gasteiger partial charge in [0.2, 0.25) is 6.23 Å². The fraction of sp³-hybridized carbons (Fsp3) is 0.440. The summed E-state index contributed by atoms with van der Waals surface area (Å²) in [5.41, 5.74) is 5.75. The van der Waals surface area contributed by atoms with Crippen LogP contribution in [0.15, 0.2) is 79.1 Å². The number of nitrogens with zero attached hydrogens (tertiary/aromatic N) is 5. The first kappa shape index (κ1) is 48.4. The van der Waals surface area contributed by atoms with Gasteiger partial charge in [0, 0.05) is 40.7 Å². The molecule has 3 aromatic carbocycles. The van der Waals surface area contributed by atoms with Gasteiger partial charge >= 0.3 is 18.5 Å². The van der Waals surface area contributed by atoms with E-state index in [-0.39, 0.29) is 29.7 Å². The number of imidazole rings is 2. The summed E-state index contributed by atoms with van der Waals surface area (Å²) in [7, 11) is 2.57. The summed E-state index contributed by atoms with van der Waals surface area (Å²) in [6.45, 7) is 8.89. The van der Waals surface area contributed by atoms with E-state index in [2.05, 4.69) is 25.3 Å². The summed E-state index contributed by atoms with van der Waals surface area (Å²) in [5.74, 6) is 1.27. The maximum atomic E-state index is 13.5. The van der Waals surface area contributed by atoms with Gasteiger partial charge in [-0.05, 0) is 80.0 Å². The molecule has 7 atom stereocenters. The minimum absolute atomic E-state index is 0.0811. The van der Waals surface area contributed by atoms with Crippen LogP contribution in [0.5, 0.6) is 11.5 Å². The number of fused-ring (bicyclic) bond motifs is 5. The normalized spacial score (nSPS) is 20.2. The monoisotopic (exact) mass is 969 g/mol. The van der Waals surface area contributed by atoms with E-state index in [4.69, 9.17) is 24.2 Å². The third-order valence-corrected chi connectivity index (χ3v) is 13.7. The molecule has 6 aromatic rings. The third kappa shape index (κ3) is 9.64. The minimum Gasteiger partial charge on any atom is -0.465 e. The smallest absolute Gasteiger partial charge is 0.465 e. The molecule has 0 radical (unpaired) electrons. The Morgan fingerprint density at radius 3 is 1.87 bits per heavy atom. The lowest BCUT2D eigenvalue weighted by molar-refractivity contribution is -0.274. The number of benzene rings is 3. The molecule has 0 saturated carbocycles. The number of likely N-dealkylation sites (tertiary alicyclic amines) is 2. The van der Waals surface area contributed by atoms with Crippen LogP contribution in [0.1, 0.15) is 88.9 Å². The highest BCUT2D eigenvalue weighted by atomic mass is 19.4. The van der Waals surface area contributed by atoms with Crippen molar-refractivity contribution < 1.29 is 51.9 Å². The second-order valence-corrected chi connectivity index (χ2v) is 18.8. The van der Waals surface area contributed by atoms with Crippen LogP contribution < -0.4 is 20.1 Å². The molecule has 0 bridgehead atoms. The van der Waals surface area contributed by atoms with Crippen LogP contribution in [-0.4, -0.2) is 115 Å². The number of alkyl halides is 3. The Balaban J connectivity index is 1.03. The van der Waals surface area contributed by atoms with Crippen molar-refractivity contribution in [2.75, 3.05) is 27.3 Å². The fourth-order valence-corrected chi connectivity index (χ4v) is 10.2. The second-order valence-electron chi connectivity index (χ2n) is 18.8. The molecule has 17 nitrogen and oxygen atoms in total. The number of methoxy groups -OCH3 is 2. The average Bonchev–Trinajstić information content (AvgIpc) is 4.20. The molecule has 7 unspecified atom stereocenters. The Kier molecular flexibility index (Phi) is 13.6. The highest BCUT2D eigenvalue weighted by molar-refractivity contribution is 5.92. The van der Waals surface area contributed by atoms with Crippen LogP contribution >= 0.6 is 0 Å². The number of aliphatic hydroxyl groups is 2. The summed E-state index contributed by atoms with van der Waals surface area (Å²) in [4.78, 5) is 44.7. The van der Waals surface area contributed by atoms with Gasteiger partial charge in [0.1, 0.15) is 35.6 Å². The van der Waals surface area contributed by atoms with Gasteiger partial charge in [-0.3, -0.25) is 9.80 Å². The molecule has 3 aromatic heterocycles. The summed E-state index contributed by atoms with van der Waals surface area (Å²) in [5, 5.41) is 29.5. The quantitative estimate of drug-likeness (QED) is 0.0608. The highest BCUT2D eigenvalue weighted by Crippen LogP contribution is 2.47. The highest BCUT2D eigenvalue weighted by Gasteiger charge is 2.40. The molecule has 6 heterocycles. The van der Waals surface area contributed by atoms with Crippen molar-refractivity contribution in [3.63, 3.8) is 0 Å². The first-order chi connectivity index (χ1) is 33.5. The molecule has 70 heavy (non-hydrogen) atoms. The number of carbonyl (C=O) groups excluding carboxylic acids is 2. The zero-order chi connectivity index (χ0) is 49.6. The Morgan fingerprint density at radius 2 is 1.33 bits per heavy atom. The van der Waals surface area contributed by atoms with Gasteiger partial charge in [-0.15, -0.1) is 13.2 Å². The van der Waals surface area contributed by atoms with Crippen molar-refractivity contribution >= 4 is 23.1 Å². The Bertz CT molecular complexity index is 2840. The number of hydrogen-bond donors (Lipinski definition) is 6. The van der Waals surface area contributed by atoms with Gasteiger partial charge in [0.25, 0.3) is 0 Å². The Hall–Kier alpha value is -6.61. The number of alkyl carbamates (subject to hydrolysis) is 2. The lowest BCUT2D eigenvalue weighted by atomic mass is 10.0. The van der Waals surface area contributed by atoms with Crippen molar-refractivity contribution in [3.05, 3.63) is 96.3 Å². The largest absolute Gasteiger partial charge is 0.573 e. The van der Waals surface area contributed by atoms with Crippen molar-refractivity contribution in [3.8, 4) is 45.3 Å². The number of nitrogens with one attached hydrogen (secondary N) is 4. The first-order valence-corrected chi connectivity index (χ1v) is 23.5. The Labute approximate surface area is 402 Å². The molecule has 3 aliphatic heterocycles. The number of hydrogen-bond acceptors (Lipinski definition) is 12. The van der Waals surface area contributed by atoms with Crippen LogP contribution in [0.25, 0.3) is 44.7 Å². The molecular weight excluding hydrogens is 912 g/mol. The fourth-order valence-electron chi connectivity index (χ4n) is 10.2. The number of ether oxygens (including phenoxy) is 4. The molecule has 2 fully saturated rings. The summed E-state index contributed by atoms with van der Waals surface area (Å²) >= 11 is 0. The zero-order valence-corrected chi connectivity index (χ0v) is 39.7. The number of aliphatic hydroxyl groups excluding tert-OH is 2. The van der Waals surface area contributed by atoms with E-state index in [1.807, 2.05) is 84.5 Å². The SMILES string of the molecule is COC(=O)NC(C(C)C)C(O)N1CCCC1c1ncc(-c2ccc3c(c2)OC(c2cccc(OC(F)(F)F)c2)n2c-3cc3cc(-c4cnc(C5CCCN5C(O)C(NC(=O)OC)C(C)C)[nH]4)ccc32)[nH]1. The van der Waals surface area contributed by atoms with Crippen LogP contribution in [-0.2, 0) is 9.47 Å². The molecule has 0 spiro atoms. The molecule has 0 aliphatic carbocycles. The predicted octanol–water partition coefficient (Wildman–Crippen LogP) is 8.60. The van der Waals surface area contributed by atoms with E-state index in [0.717, 1.165) is 64.7 Å². The second kappa shape index (κ2) is 19.6. The summed E-state index contributed by atoms with van der Waals surface area (Å²) < 4.78 is 63.3. The van der Waals surface area contributed by atoms with Crippen LogP contribution in [0.3, 0.4) is 0 Å². The van der Waals surface area contributed by atoms with E-state index >= 15 is 0 Å². The van der Waals surface area contributed by atoms with Gasteiger partial charge in [-0.1, -0.05) is 52.0 Å². The minimum atomic E-state index is -4.90. The lowest BCUT2D eigenvalue weighted by Crippen LogP contribution is -2.54. The van der Waals surface area contributed by atoms with Crippen molar-refractivity contribution in [1.82, 2.24) is 44.9 Å². The zero-order valence-electron chi connectivity index (χ0n) is 39.7. The number of amides is 2. The first-order valence-electron chi connectivity index (χ1n) is 23.5. The predicted molar refractivity (Wildman–Crippen MR) is 252 cm³/mol. The number of halogens is 3. The molecule has 2 amide bonds. The number of aromatic amines is 2. The standard InChI is InChI=1S/C50H58F3N9O8/c1-26(2)41(58-48(65)67-5)45(63)60-18-8-12-37(60)43-54-24-34(56-43)28-15-17-36-31(20-28)22-39-33-16-14-29(23-40(33)69-47(62(36)39)30-10-7-11-32(21-30)70-50(51,52)53)35-25-55-44(57-35)38-13-9-19-61(38)46(64)42(27(3)4)59-49(66)68-6/h7,10-11,14-17,20-27,37-38,41-42,45-47,63-64H,8-9,12-13,18-19H2,1-6H3,(H,54,56)(H,55,57)(H,58,65)(H,59,66). The third-order valence-electron chi connectivity index (χ3n) is 13.7. The van der Waals surface area contributed by atoms with E-state index in [1.54, 1.807) is 18.5 Å². The van der Waals surface area contributed by atoms with Crippen molar-refractivity contribution in [2.45, 2.75) is 103 Å². The van der Waals surface area contributed by atoms with E-state index in [0.29, 0.717) is 41.7 Å². The maximum absolute atomic E-state index is 13.5. The van der Waals surface area contributed by atoms with Gasteiger partial charge < -0.3 is 54.3 Å². The number of H-pyrrole nitrogens is 2. The summed E-state index contributed by atoms with van der Waals surface area (Å²) in [6, 6.07) is 17.8. The van der Waals surface area contributed by atoms with E-state index < -0.39 is 49.3 Å². The molecule has 20 heteroatoms. The van der Waals surface area contributed by atoms with E-state index in [1.165, 1.54) is 32.4 Å². The Morgan fingerprint density at radius 1 is 0.771 bits per heavy atom. The van der Waals surface area contributed by atoms with Gasteiger partial charge in [0.15, 0.2) is 0 Å². The van der Waals surface area contributed by atoms with Crippen LogP contribution in [0, 0.1) is 11.8 Å². The number of rotatable bonds is 14. The lowest BCUT2D eigenvalue weighted by Gasteiger charge is -2.35. The number of carbonyl (C=O) groups is 2. The van der Waals surface area contributed by atoms with Gasteiger partial charge in [-0.25, -0.2) is 19.6 Å². The molecule has 2 saturated heterocycles. The molecule has 3 aliphatic rings. The molecule has 9 rings (SSSR count). The molecule has 6 N–H and O–H groups in total. The maximum Gasteiger partial charge on any atom is 0.573 e. The van der Waals surface area contributed by atoms with E-state index in [9.17, 15) is 33.0 Å². The average molecular weight is 970 g/mol. The molecule has 372 valence electrons. The topological polar surface area (TPSA) is 204 Å². The molecular formula is C50H58F3N9O8. The van der Waals surface area contributed by atoms with Crippen LogP contribution in [0.4, 0.5) is 22.8 Å². The van der Waals surface area contributed by atoms with Crippen molar-refractivity contribution in [2.24, 2.45) is 11.8 Å².